The third-order valence-electron chi connectivity index (χ3n) is 6.06. The SMILES string of the molecule is C(=Cc1ccc2c(c1)C=CC2)CCCCc1ccc2c(c1)-c1ccccc1C2. The van der Waals surface area contributed by atoms with Gasteiger partial charge in [0.25, 0.3) is 0 Å². The zero-order valence-corrected chi connectivity index (χ0v) is 16.3. The van der Waals surface area contributed by atoms with Gasteiger partial charge < -0.3 is 0 Å². The van der Waals surface area contributed by atoms with Crippen LogP contribution in [0.25, 0.3) is 23.3 Å². The van der Waals surface area contributed by atoms with Gasteiger partial charge in [-0.1, -0.05) is 78.9 Å². The van der Waals surface area contributed by atoms with Gasteiger partial charge in [0.05, 0.1) is 0 Å². The number of hydrogen-bond donors (Lipinski definition) is 0. The highest BCUT2D eigenvalue weighted by Crippen LogP contribution is 2.37. The molecule has 0 atom stereocenters. The molecule has 0 bridgehead atoms. The van der Waals surface area contributed by atoms with E-state index in [-0.39, 0.29) is 0 Å². The topological polar surface area (TPSA) is 0 Å². The van der Waals surface area contributed by atoms with Crippen molar-refractivity contribution in [2.45, 2.75) is 38.5 Å². The molecule has 2 aliphatic carbocycles. The number of aryl methyl sites for hydroxylation is 1. The summed E-state index contributed by atoms with van der Waals surface area (Å²) in [5.74, 6) is 0. The molecule has 0 radical (unpaired) electrons. The van der Waals surface area contributed by atoms with E-state index >= 15 is 0 Å². The van der Waals surface area contributed by atoms with Gasteiger partial charge in [0, 0.05) is 0 Å². The summed E-state index contributed by atoms with van der Waals surface area (Å²) in [6.07, 6.45) is 16.1. The Morgan fingerprint density at radius 2 is 1.68 bits per heavy atom. The molecule has 0 unspecified atom stereocenters. The van der Waals surface area contributed by atoms with Crippen molar-refractivity contribution in [3.05, 3.63) is 106 Å². The van der Waals surface area contributed by atoms with Gasteiger partial charge in [-0.25, -0.2) is 0 Å². The van der Waals surface area contributed by atoms with Crippen molar-refractivity contribution in [3.63, 3.8) is 0 Å². The quantitative estimate of drug-likeness (QED) is 0.317. The van der Waals surface area contributed by atoms with E-state index in [1.54, 1.807) is 0 Å². The smallest absolute Gasteiger partial charge is 0.00135 e. The number of rotatable bonds is 6. The zero-order valence-electron chi connectivity index (χ0n) is 16.3. The van der Waals surface area contributed by atoms with Crippen molar-refractivity contribution in [3.8, 4) is 11.1 Å². The van der Waals surface area contributed by atoms with Crippen LogP contribution in [0.1, 0.15) is 52.6 Å². The van der Waals surface area contributed by atoms with Gasteiger partial charge >= 0.3 is 0 Å². The largest absolute Gasteiger partial charge is 0.0839 e. The number of allylic oxidation sites excluding steroid dienone is 2. The van der Waals surface area contributed by atoms with Crippen molar-refractivity contribution >= 4 is 12.2 Å². The molecule has 0 spiro atoms. The second kappa shape index (κ2) is 7.64. The summed E-state index contributed by atoms with van der Waals surface area (Å²) in [6.45, 7) is 0. The van der Waals surface area contributed by atoms with Crippen LogP contribution < -0.4 is 0 Å². The Hall–Kier alpha value is -2.86. The van der Waals surface area contributed by atoms with E-state index in [9.17, 15) is 0 Å². The van der Waals surface area contributed by atoms with Gasteiger partial charge in [0.2, 0.25) is 0 Å². The molecule has 28 heavy (non-hydrogen) atoms. The molecule has 0 saturated carbocycles. The first-order valence-electron chi connectivity index (χ1n) is 10.5. The molecule has 0 amide bonds. The number of benzene rings is 3. The minimum atomic E-state index is 1.09. The molecule has 3 aromatic rings. The lowest BCUT2D eigenvalue weighted by atomic mass is 9.99. The van der Waals surface area contributed by atoms with Crippen molar-refractivity contribution in [1.82, 2.24) is 0 Å². The Morgan fingerprint density at radius 1 is 0.786 bits per heavy atom. The molecule has 0 nitrogen and oxygen atoms in total. The van der Waals surface area contributed by atoms with Crippen LogP contribution in [0, 0.1) is 0 Å². The molecule has 0 heteroatoms. The molecule has 138 valence electrons. The highest BCUT2D eigenvalue weighted by atomic mass is 14.2. The minimum absolute atomic E-state index is 1.09. The van der Waals surface area contributed by atoms with Gasteiger partial charge in [-0.15, -0.1) is 0 Å². The number of fused-ring (bicyclic) bond motifs is 4. The second-order valence-electron chi connectivity index (χ2n) is 8.04. The van der Waals surface area contributed by atoms with Crippen LogP contribution in [0.15, 0.2) is 72.8 Å². The van der Waals surface area contributed by atoms with Crippen molar-refractivity contribution < 1.29 is 0 Å². The van der Waals surface area contributed by atoms with Gasteiger partial charge in [-0.3, -0.25) is 0 Å². The van der Waals surface area contributed by atoms with Crippen LogP contribution in [0.3, 0.4) is 0 Å². The summed E-state index contributed by atoms with van der Waals surface area (Å²) >= 11 is 0. The van der Waals surface area contributed by atoms with E-state index in [4.69, 9.17) is 0 Å². The van der Waals surface area contributed by atoms with Crippen LogP contribution in [-0.2, 0) is 19.3 Å². The van der Waals surface area contributed by atoms with Gasteiger partial charge in [0.1, 0.15) is 0 Å². The Kier molecular flexibility index (Phi) is 4.71. The lowest BCUT2D eigenvalue weighted by Gasteiger charge is -2.06. The van der Waals surface area contributed by atoms with E-state index < -0.39 is 0 Å². The predicted octanol–water partition coefficient (Wildman–Crippen LogP) is 7.25. The average molecular weight is 363 g/mol. The molecule has 2 aliphatic rings. The molecule has 5 rings (SSSR count). The second-order valence-corrected chi connectivity index (χ2v) is 8.04. The van der Waals surface area contributed by atoms with Crippen LogP contribution >= 0.6 is 0 Å². The van der Waals surface area contributed by atoms with E-state index in [2.05, 4.69) is 85.0 Å². The Labute approximate surface area is 168 Å². The predicted molar refractivity (Wildman–Crippen MR) is 120 cm³/mol. The summed E-state index contributed by atoms with van der Waals surface area (Å²) in [6, 6.07) is 22.7. The maximum atomic E-state index is 2.43. The third-order valence-corrected chi connectivity index (χ3v) is 6.06. The normalized spacial score (nSPS) is 13.7. The summed E-state index contributed by atoms with van der Waals surface area (Å²) < 4.78 is 0. The lowest BCUT2D eigenvalue weighted by molar-refractivity contribution is 0.749. The van der Waals surface area contributed by atoms with Crippen molar-refractivity contribution in [2.75, 3.05) is 0 Å². The standard InChI is InChI=1S/C28H26/c1(3-8-21-14-16-23-11-7-12-24(23)18-21)2-4-9-22-15-17-26-20-25-10-5-6-13-27(25)28(26)19-22/h3,5-8,10,12-19H,1-2,4,9,11,20H2. The monoisotopic (exact) mass is 362 g/mol. The van der Waals surface area contributed by atoms with Crippen LogP contribution in [-0.4, -0.2) is 0 Å². The maximum Gasteiger partial charge on any atom is -0.00135 e. The van der Waals surface area contributed by atoms with Crippen LogP contribution in [0.5, 0.6) is 0 Å². The van der Waals surface area contributed by atoms with Gasteiger partial charge in [-0.2, -0.15) is 0 Å². The summed E-state index contributed by atoms with van der Waals surface area (Å²) in [5, 5.41) is 0. The molecule has 0 aliphatic heterocycles. The van der Waals surface area contributed by atoms with Crippen molar-refractivity contribution in [1.29, 1.82) is 0 Å². The average Bonchev–Trinajstić information content (AvgIpc) is 3.34. The molecule has 0 saturated heterocycles. The first kappa shape index (κ1) is 17.3. The maximum absolute atomic E-state index is 2.43. The molecular weight excluding hydrogens is 336 g/mol. The van der Waals surface area contributed by atoms with E-state index in [0.29, 0.717) is 0 Å². The van der Waals surface area contributed by atoms with Crippen LogP contribution in [0.4, 0.5) is 0 Å². The summed E-state index contributed by atoms with van der Waals surface area (Å²) in [5.41, 5.74) is 11.5. The molecule has 0 fully saturated rings. The molecule has 0 heterocycles. The summed E-state index contributed by atoms with van der Waals surface area (Å²) in [7, 11) is 0. The third kappa shape index (κ3) is 3.47. The highest BCUT2D eigenvalue weighted by molar-refractivity contribution is 5.77. The van der Waals surface area contributed by atoms with Crippen molar-refractivity contribution in [2.24, 2.45) is 0 Å². The Morgan fingerprint density at radius 3 is 2.68 bits per heavy atom. The number of hydrogen-bond acceptors (Lipinski definition) is 0. The van der Waals surface area contributed by atoms with Crippen LogP contribution in [0.2, 0.25) is 0 Å². The number of unbranched alkanes of at least 4 members (excludes halogenated alkanes) is 2. The first-order chi connectivity index (χ1) is 13.9. The Bertz CT molecular complexity index is 1070. The highest BCUT2D eigenvalue weighted by Gasteiger charge is 2.17. The minimum Gasteiger partial charge on any atom is -0.0839 e. The summed E-state index contributed by atoms with van der Waals surface area (Å²) in [4.78, 5) is 0. The molecular formula is C28H26. The van der Waals surface area contributed by atoms with E-state index in [1.807, 2.05) is 0 Å². The lowest BCUT2D eigenvalue weighted by Crippen LogP contribution is -1.88. The molecule has 0 aromatic heterocycles. The first-order valence-corrected chi connectivity index (χ1v) is 10.5. The van der Waals surface area contributed by atoms with Gasteiger partial charge in [0.15, 0.2) is 0 Å². The van der Waals surface area contributed by atoms with E-state index in [1.165, 1.54) is 63.8 Å². The fourth-order valence-electron chi connectivity index (χ4n) is 4.51. The van der Waals surface area contributed by atoms with E-state index in [0.717, 1.165) is 19.3 Å². The zero-order chi connectivity index (χ0) is 18.8. The molecule has 0 N–H and O–H groups in total. The fraction of sp³-hybridized carbons (Fsp3) is 0.214. The Balaban J connectivity index is 1.14. The fourth-order valence-corrected chi connectivity index (χ4v) is 4.51. The molecule has 3 aromatic carbocycles. The van der Waals surface area contributed by atoms with Gasteiger partial charge in [-0.05, 0) is 89.1 Å².